The Bertz CT molecular complexity index is 320. The van der Waals surface area contributed by atoms with Gasteiger partial charge in [-0.05, 0) is 37.4 Å². The zero-order valence-corrected chi connectivity index (χ0v) is 9.93. The highest BCUT2D eigenvalue weighted by Gasteiger charge is 2.24. The Kier molecular flexibility index (Phi) is 3.66. The Morgan fingerprint density at radius 3 is 2.73 bits per heavy atom. The molecule has 0 spiro atoms. The second-order valence-corrected chi connectivity index (χ2v) is 4.87. The van der Waals surface area contributed by atoms with Gasteiger partial charge in [-0.15, -0.1) is 0 Å². The lowest BCUT2D eigenvalue weighted by atomic mass is 10.0. The van der Waals surface area contributed by atoms with Crippen molar-refractivity contribution in [3.63, 3.8) is 0 Å². The van der Waals surface area contributed by atoms with Crippen LogP contribution in [-0.2, 0) is 6.42 Å². The summed E-state index contributed by atoms with van der Waals surface area (Å²) in [7, 11) is 2.05. The average Bonchev–Trinajstić information content (AvgIpc) is 3.04. The van der Waals surface area contributed by atoms with E-state index in [-0.39, 0.29) is 0 Å². The summed E-state index contributed by atoms with van der Waals surface area (Å²) >= 11 is 6.15. The van der Waals surface area contributed by atoms with Crippen LogP contribution in [0.3, 0.4) is 0 Å². The topological polar surface area (TPSA) is 12.0 Å². The first-order chi connectivity index (χ1) is 7.29. The summed E-state index contributed by atoms with van der Waals surface area (Å²) in [5.74, 6) is 0.963. The number of benzene rings is 1. The maximum Gasteiger partial charge on any atom is 0.0438 e. The van der Waals surface area contributed by atoms with Crippen LogP contribution in [0.15, 0.2) is 24.3 Å². The molecule has 1 aromatic rings. The van der Waals surface area contributed by atoms with Crippen LogP contribution in [0.2, 0.25) is 5.02 Å². The molecule has 15 heavy (non-hydrogen) atoms. The smallest absolute Gasteiger partial charge is 0.0438 e. The molecule has 1 nitrogen and oxygen atoms in total. The van der Waals surface area contributed by atoms with Gasteiger partial charge in [0.05, 0.1) is 0 Å². The average molecular weight is 224 g/mol. The molecule has 1 aliphatic rings. The lowest BCUT2D eigenvalue weighted by Gasteiger charge is -2.16. The number of hydrogen-bond donors (Lipinski definition) is 1. The van der Waals surface area contributed by atoms with E-state index in [2.05, 4.69) is 17.4 Å². The number of halogens is 1. The Hall–Kier alpha value is -0.530. The predicted octanol–water partition coefficient (Wildman–Crippen LogP) is 3.27. The van der Waals surface area contributed by atoms with Gasteiger partial charge in [0.1, 0.15) is 0 Å². The highest BCUT2D eigenvalue weighted by Crippen LogP contribution is 2.34. The molecule has 2 rings (SSSR count). The monoisotopic (exact) mass is 223 g/mol. The van der Waals surface area contributed by atoms with Crippen LogP contribution in [0.1, 0.15) is 24.8 Å². The van der Waals surface area contributed by atoms with E-state index in [4.69, 9.17) is 11.6 Å². The molecule has 0 amide bonds. The van der Waals surface area contributed by atoms with E-state index in [0.29, 0.717) is 6.04 Å². The SMILES string of the molecule is CNC(Cc1ccccc1Cl)CC1CC1. The van der Waals surface area contributed by atoms with Gasteiger partial charge in [0.15, 0.2) is 0 Å². The minimum Gasteiger partial charge on any atom is -0.317 e. The van der Waals surface area contributed by atoms with E-state index in [1.54, 1.807) is 0 Å². The van der Waals surface area contributed by atoms with E-state index in [1.165, 1.54) is 24.8 Å². The molecule has 1 fully saturated rings. The fraction of sp³-hybridized carbons (Fsp3) is 0.538. The predicted molar refractivity (Wildman–Crippen MR) is 65.3 cm³/mol. The van der Waals surface area contributed by atoms with Gasteiger partial charge in [-0.3, -0.25) is 0 Å². The van der Waals surface area contributed by atoms with E-state index >= 15 is 0 Å². The second-order valence-electron chi connectivity index (χ2n) is 4.46. The number of likely N-dealkylation sites (N-methyl/N-ethyl adjacent to an activating group) is 1. The minimum absolute atomic E-state index is 0.581. The summed E-state index contributed by atoms with van der Waals surface area (Å²) in [5.41, 5.74) is 1.26. The van der Waals surface area contributed by atoms with Gasteiger partial charge in [0.2, 0.25) is 0 Å². The van der Waals surface area contributed by atoms with Crippen molar-refractivity contribution in [2.45, 2.75) is 31.7 Å². The first kappa shape index (κ1) is 11.0. The number of rotatable bonds is 5. The minimum atomic E-state index is 0.581. The molecule has 0 radical (unpaired) electrons. The molecule has 2 heteroatoms. The summed E-state index contributed by atoms with van der Waals surface area (Å²) in [6.45, 7) is 0. The molecular formula is C13H18ClN. The van der Waals surface area contributed by atoms with Crippen molar-refractivity contribution in [2.24, 2.45) is 5.92 Å². The normalized spacial score (nSPS) is 17.7. The molecule has 1 N–H and O–H groups in total. The van der Waals surface area contributed by atoms with Gasteiger partial charge >= 0.3 is 0 Å². The first-order valence-electron chi connectivity index (χ1n) is 5.70. The zero-order chi connectivity index (χ0) is 10.7. The molecule has 1 saturated carbocycles. The van der Waals surface area contributed by atoms with Crippen LogP contribution in [0, 0.1) is 5.92 Å². The maximum atomic E-state index is 6.15. The largest absolute Gasteiger partial charge is 0.317 e. The van der Waals surface area contributed by atoms with Crippen molar-refractivity contribution in [3.05, 3.63) is 34.9 Å². The summed E-state index contributed by atoms with van der Waals surface area (Å²) < 4.78 is 0. The molecule has 0 heterocycles. The number of nitrogens with one attached hydrogen (secondary N) is 1. The van der Waals surface area contributed by atoms with Crippen LogP contribution in [-0.4, -0.2) is 13.1 Å². The van der Waals surface area contributed by atoms with Crippen LogP contribution in [0.5, 0.6) is 0 Å². The summed E-state index contributed by atoms with van der Waals surface area (Å²) in [4.78, 5) is 0. The Morgan fingerprint density at radius 1 is 1.40 bits per heavy atom. The van der Waals surface area contributed by atoms with Gasteiger partial charge < -0.3 is 5.32 Å². The summed E-state index contributed by atoms with van der Waals surface area (Å²) in [5, 5.41) is 4.29. The van der Waals surface area contributed by atoms with Crippen molar-refractivity contribution in [1.29, 1.82) is 0 Å². The third-order valence-corrected chi connectivity index (χ3v) is 3.52. The fourth-order valence-electron chi connectivity index (χ4n) is 1.99. The molecule has 0 aliphatic heterocycles. The van der Waals surface area contributed by atoms with E-state index in [9.17, 15) is 0 Å². The lowest BCUT2D eigenvalue weighted by Crippen LogP contribution is -2.28. The molecule has 82 valence electrons. The summed E-state index contributed by atoms with van der Waals surface area (Å²) in [6.07, 6.45) is 5.18. The van der Waals surface area contributed by atoms with Crippen LogP contribution in [0.25, 0.3) is 0 Å². The van der Waals surface area contributed by atoms with Crippen LogP contribution in [0.4, 0.5) is 0 Å². The Balaban J connectivity index is 1.95. The quantitative estimate of drug-likeness (QED) is 0.808. The highest BCUT2D eigenvalue weighted by molar-refractivity contribution is 6.31. The zero-order valence-electron chi connectivity index (χ0n) is 9.17. The van der Waals surface area contributed by atoms with Crippen molar-refractivity contribution >= 4 is 11.6 Å². The molecule has 0 bridgehead atoms. The first-order valence-corrected chi connectivity index (χ1v) is 6.08. The molecule has 1 aromatic carbocycles. The third-order valence-electron chi connectivity index (χ3n) is 3.15. The lowest BCUT2D eigenvalue weighted by molar-refractivity contribution is 0.490. The molecule has 0 saturated heterocycles. The number of hydrogen-bond acceptors (Lipinski definition) is 1. The molecule has 1 atom stereocenters. The Morgan fingerprint density at radius 2 is 2.13 bits per heavy atom. The van der Waals surface area contributed by atoms with Gasteiger partial charge in [-0.25, -0.2) is 0 Å². The summed E-state index contributed by atoms with van der Waals surface area (Å²) in [6, 6.07) is 8.73. The van der Waals surface area contributed by atoms with Gasteiger partial charge in [0, 0.05) is 11.1 Å². The van der Waals surface area contributed by atoms with Crippen molar-refractivity contribution in [1.82, 2.24) is 5.32 Å². The second kappa shape index (κ2) is 5.00. The Labute approximate surface area is 96.8 Å². The third kappa shape index (κ3) is 3.22. The molecule has 0 aromatic heterocycles. The highest BCUT2D eigenvalue weighted by atomic mass is 35.5. The van der Waals surface area contributed by atoms with E-state index in [1.807, 2.05) is 19.2 Å². The van der Waals surface area contributed by atoms with E-state index in [0.717, 1.165) is 17.4 Å². The van der Waals surface area contributed by atoms with Crippen LogP contribution < -0.4 is 5.32 Å². The van der Waals surface area contributed by atoms with Crippen LogP contribution >= 0.6 is 11.6 Å². The van der Waals surface area contributed by atoms with Gasteiger partial charge in [-0.1, -0.05) is 42.6 Å². The molecular weight excluding hydrogens is 206 g/mol. The van der Waals surface area contributed by atoms with Gasteiger partial charge in [0.25, 0.3) is 0 Å². The van der Waals surface area contributed by atoms with Crippen molar-refractivity contribution in [2.75, 3.05) is 7.05 Å². The molecule has 1 unspecified atom stereocenters. The maximum absolute atomic E-state index is 6.15. The molecule has 1 aliphatic carbocycles. The van der Waals surface area contributed by atoms with E-state index < -0.39 is 0 Å². The van der Waals surface area contributed by atoms with Gasteiger partial charge in [-0.2, -0.15) is 0 Å². The van der Waals surface area contributed by atoms with Crippen molar-refractivity contribution in [3.8, 4) is 0 Å². The standard InChI is InChI=1S/C13H18ClN/c1-15-12(8-10-6-7-10)9-11-4-2-3-5-13(11)14/h2-5,10,12,15H,6-9H2,1H3. The fourth-order valence-corrected chi connectivity index (χ4v) is 2.20. The van der Waals surface area contributed by atoms with Crippen molar-refractivity contribution < 1.29 is 0 Å².